The number of anilines is 1. The van der Waals surface area contributed by atoms with E-state index in [4.69, 9.17) is 5.73 Å². The van der Waals surface area contributed by atoms with E-state index in [-0.39, 0.29) is 5.91 Å². The van der Waals surface area contributed by atoms with Gasteiger partial charge in [0.05, 0.1) is 0 Å². The minimum Gasteiger partial charge on any atom is -0.326 e. The van der Waals surface area contributed by atoms with Crippen LogP contribution in [0.4, 0.5) is 5.69 Å². The highest BCUT2D eigenvalue weighted by atomic mass is 16.1. The molecule has 1 amide bonds. The normalized spacial score (nSPS) is 16.9. The molecule has 1 heterocycles. The highest BCUT2D eigenvalue weighted by Crippen LogP contribution is 2.17. The molecule has 116 valence electrons. The Labute approximate surface area is 127 Å². The molecule has 3 N–H and O–H groups in total. The number of hydrogen-bond donors (Lipinski definition) is 2. The fourth-order valence-corrected chi connectivity index (χ4v) is 2.78. The van der Waals surface area contributed by atoms with Crippen LogP contribution in [0.5, 0.6) is 0 Å². The number of piperidine rings is 1. The van der Waals surface area contributed by atoms with E-state index in [0.29, 0.717) is 13.0 Å². The van der Waals surface area contributed by atoms with Gasteiger partial charge >= 0.3 is 0 Å². The second-order valence-electron chi connectivity index (χ2n) is 6.04. The van der Waals surface area contributed by atoms with Gasteiger partial charge in [-0.1, -0.05) is 25.1 Å². The Morgan fingerprint density at radius 1 is 1.33 bits per heavy atom. The number of carbonyl (C=O) groups is 1. The number of benzene rings is 1. The molecule has 0 aromatic heterocycles. The number of nitrogens with two attached hydrogens (primary N) is 1. The molecule has 1 saturated heterocycles. The Hall–Kier alpha value is -1.39. The first-order chi connectivity index (χ1) is 10.2. The molecular weight excluding hydrogens is 262 g/mol. The van der Waals surface area contributed by atoms with Crippen molar-refractivity contribution >= 4 is 11.6 Å². The van der Waals surface area contributed by atoms with Crippen molar-refractivity contribution in [1.29, 1.82) is 0 Å². The lowest BCUT2D eigenvalue weighted by atomic mass is 9.99. The Kier molecular flexibility index (Phi) is 6.21. The van der Waals surface area contributed by atoms with E-state index in [9.17, 15) is 4.79 Å². The molecule has 1 aliphatic rings. The summed E-state index contributed by atoms with van der Waals surface area (Å²) < 4.78 is 0. The molecule has 1 aromatic rings. The summed E-state index contributed by atoms with van der Waals surface area (Å²) in [6, 6.07) is 7.72. The number of nitrogens with zero attached hydrogens (tertiary/aromatic N) is 1. The maximum atomic E-state index is 12.0. The van der Waals surface area contributed by atoms with Crippen molar-refractivity contribution in [1.82, 2.24) is 4.90 Å². The predicted octanol–water partition coefficient (Wildman–Crippen LogP) is 2.60. The van der Waals surface area contributed by atoms with Gasteiger partial charge in [-0.15, -0.1) is 0 Å². The molecule has 0 unspecified atom stereocenters. The lowest BCUT2D eigenvalue weighted by Crippen LogP contribution is -2.34. The topological polar surface area (TPSA) is 58.4 Å². The van der Waals surface area contributed by atoms with Crippen LogP contribution in [0, 0.1) is 5.92 Å². The largest absolute Gasteiger partial charge is 0.326 e. The molecule has 1 aliphatic heterocycles. The summed E-state index contributed by atoms with van der Waals surface area (Å²) in [7, 11) is 0. The highest BCUT2D eigenvalue weighted by molar-refractivity contribution is 5.91. The molecule has 1 aromatic carbocycles. The van der Waals surface area contributed by atoms with Gasteiger partial charge in [-0.05, 0) is 56.4 Å². The second kappa shape index (κ2) is 8.15. The zero-order valence-corrected chi connectivity index (χ0v) is 13.0. The number of rotatable bonds is 6. The van der Waals surface area contributed by atoms with Crippen molar-refractivity contribution in [2.45, 2.75) is 39.2 Å². The molecule has 0 bridgehead atoms. The van der Waals surface area contributed by atoms with Gasteiger partial charge < -0.3 is 16.0 Å². The minimum absolute atomic E-state index is 0.0845. The van der Waals surface area contributed by atoms with E-state index in [2.05, 4.69) is 17.1 Å². The van der Waals surface area contributed by atoms with E-state index in [1.54, 1.807) is 0 Å². The van der Waals surface area contributed by atoms with Gasteiger partial charge in [0.1, 0.15) is 0 Å². The van der Waals surface area contributed by atoms with Crippen LogP contribution < -0.4 is 11.1 Å². The van der Waals surface area contributed by atoms with Crippen molar-refractivity contribution in [3.05, 3.63) is 29.8 Å². The zero-order chi connectivity index (χ0) is 15.1. The Balaban J connectivity index is 1.70. The molecule has 0 saturated carbocycles. The minimum atomic E-state index is 0.0845. The molecule has 0 spiro atoms. The third kappa shape index (κ3) is 5.14. The molecule has 0 atom stereocenters. The van der Waals surface area contributed by atoms with Crippen LogP contribution >= 0.6 is 0 Å². The molecule has 0 radical (unpaired) electrons. The average Bonchev–Trinajstić information content (AvgIpc) is 2.50. The van der Waals surface area contributed by atoms with Crippen LogP contribution in [-0.4, -0.2) is 30.4 Å². The van der Waals surface area contributed by atoms with Crippen LogP contribution in [0.3, 0.4) is 0 Å². The van der Waals surface area contributed by atoms with E-state index in [0.717, 1.165) is 30.1 Å². The number of nitrogens with one attached hydrogen (secondary N) is 1. The molecule has 1 fully saturated rings. The summed E-state index contributed by atoms with van der Waals surface area (Å²) in [5, 5.41) is 2.97. The van der Waals surface area contributed by atoms with Crippen LogP contribution in [0.15, 0.2) is 24.3 Å². The van der Waals surface area contributed by atoms with E-state index in [1.165, 1.54) is 25.9 Å². The standard InChI is InChI=1S/C17H27N3O/c1-14-8-11-20(12-9-14)10-4-7-17(21)19-16-6-3-2-5-15(16)13-18/h2-3,5-6,14H,4,7-13,18H2,1H3,(H,19,21). The Bertz CT molecular complexity index is 453. The van der Waals surface area contributed by atoms with Gasteiger partial charge in [0.2, 0.25) is 5.91 Å². The quantitative estimate of drug-likeness (QED) is 0.846. The second-order valence-corrected chi connectivity index (χ2v) is 6.04. The maximum absolute atomic E-state index is 12.0. The summed E-state index contributed by atoms with van der Waals surface area (Å²) in [6.07, 6.45) is 4.07. The van der Waals surface area contributed by atoms with Crippen molar-refractivity contribution in [3.8, 4) is 0 Å². The average molecular weight is 289 g/mol. The van der Waals surface area contributed by atoms with Crippen molar-refractivity contribution in [2.24, 2.45) is 11.7 Å². The Morgan fingerprint density at radius 2 is 2.05 bits per heavy atom. The lowest BCUT2D eigenvalue weighted by Gasteiger charge is -2.30. The van der Waals surface area contributed by atoms with Gasteiger partial charge in [-0.2, -0.15) is 0 Å². The van der Waals surface area contributed by atoms with Crippen LogP contribution in [0.1, 0.15) is 38.2 Å². The molecule has 2 rings (SSSR count). The number of likely N-dealkylation sites (tertiary alicyclic amines) is 1. The van der Waals surface area contributed by atoms with Crippen LogP contribution in [0.2, 0.25) is 0 Å². The van der Waals surface area contributed by atoms with Gasteiger partial charge in [-0.3, -0.25) is 4.79 Å². The van der Waals surface area contributed by atoms with Crippen LogP contribution in [0.25, 0.3) is 0 Å². The third-order valence-electron chi connectivity index (χ3n) is 4.27. The SMILES string of the molecule is CC1CCN(CCCC(=O)Nc2ccccc2CN)CC1. The highest BCUT2D eigenvalue weighted by Gasteiger charge is 2.15. The third-order valence-corrected chi connectivity index (χ3v) is 4.27. The summed E-state index contributed by atoms with van der Waals surface area (Å²) in [5.41, 5.74) is 7.50. The van der Waals surface area contributed by atoms with Gasteiger partial charge in [0.15, 0.2) is 0 Å². The molecule has 4 heteroatoms. The van der Waals surface area contributed by atoms with Gasteiger partial charge in [-0.25, -0.2) is 0 Å². The van der Waals surface area contributed by atoms with E-state index in [1.807, 2.05) is 24.3 Å². The number of amides is 1. The fourth-order valence-electron chi connectivity index (χ4n) is 2.78. The van der Waals surface area contributed by atoms with E-state index < -0.39 is 0 Å². The van der Waals surface area contributed by atoms with Crippen molar-refractivity contribution in [3.63, 3.8) is 0 Å². The molecule has 21 heavy (non-hydrogen) atoms. The van der Waals surface area contributed by atoms with Gasteiger partial charge in [0, 0.05) is 18.7 Å². The predicted molar refractivity (Wildman–Crippen MR) is 87.0 cm³/mol. The fraction of sp³-hybridized carbons (Fsp3) is 0.588. The number of carbonyl (C=O) groups excluding carboxylic acids is 1. The van der Waals surface area contributed by atoms with Crippen molar-refractivity contribution in [2.75, 3.05) is 25.0 Å². The molecule has 0 aliphatic carbocycles. The lowest BCUT2D eigenvalue weighted by molar-refractivity contribution is -0.116. The van der Waals surface area contributed by atoms with Crippen molar-refractivity contribution < 1.29 is 4.79 Å². The first kappa shape index (κ1) is 16.0. The Morgan fingerprint density at radius 3 is 2.76 bits per heavy atom. The maximum Gasteiger partial charge on any atom is 0.224 e. The monoisotopic (exact) mass is 289 g/mol. The zero-order valence-electron chi connectivity index (χ0n) is 13.0. The summed E-state index contributed by atoms with van der Waals surface area (Å²) in [5.74, 6) is 0.943. The molecular formula is C17H27N3O. The van der Waals surface area contributed by atoms with E-state index >= 15 is 0 Å². The number of hydrogen-bond acceptors (Lipinski definition) is 3. The summed E-state index contributed by atoms with van der Waals surface area (Å²) in [4.78, 5) is 14.5. The smallest absolute Gasteiger partial charge is 0.224 e. The first-order valence-electron chi connectivity index (χ1n) is 7.99. The summed E-state index contributed by atoms with van der Waals surface area (Å²) in [6.45, 7) is 6.15. The van der Waals surface area contributed by atoms with Gasteiger partial charge in [0.25, 0.3) is 0 Å². The number of para-hydroxylation sites is 1. The first-order valence-corrected chi connectivity index (χ1v) is 7.99. The van der Waals surface area contributed by atoms with Crippen LogP contribution in [-0.2, 0) is 11.3 Å². The summed E-state index contributed by atoms with van der Waals surface area (Å²) >= 11 is 0. The molecule has 4 nitrogen and oxygen atoms in total.